The molecule has 12 nitrogen and oxygen atoms in total. The van der Waals surface area contributed by atoms with Crippen molar-refractivity contribution in [2.75, 3.05) is 33.7 Å². The van der Waals surface area contributed by atoms with Gasteiger partial charge in [0, 0.05) is 38.8 Å². The van der Waals surface area contributed by atoms with Crippen LogP contribution in [0, 0.1) is 11.7 Å². The number of phenolic OH excluding ortho intramolecular Hbond substituents is 1. The molecule has 0 aromatic heterocycles. The van der Waals surface area contributed by atoms with Crippen molar-refractivity contribution in [1.82, 2.24) is 9.80 Å². The van der Waals surface area contributed by atoms with E-state index >= 15 is 0 Å². The van der Waals surface area contributed by atoms with Gasteiger partial charge in [-0.05, 0) is 66.3 Å². The maximum atomic E-state index is 13.6. The van der Waals surface area contributed by atoms with Crippen LogP contribution < -0.4 is 0 Å². The van der Waals surface area contributed by atoms with E-state index in [2.05, 4.69) is 4.90 Å². The molecule has 240 valence electrons. The summed E-state index contributed by atoms with van der Waals surface area (Å²) < 4.78 is 19.7. The van der Waals surface area contributed by atoms with Gasteiger partial charge in [0.15, 0.2) is 5.60 Å². The van der Waals surface area contributed by atoms with Gasteiger partial charge in [-0.3, -0.25) is 14.4 Å². The number of carbonyl (C=O) groups excluding carboxylic acids is 1. The number of nitrogens with zero attached hydrogens (tertiary/aromatic N) is 2. The lowest BCUT2D eigenvalue weighted by atomic mass is 9.83. The number of aliphatic carboxylic acids is 3. The summed E-state index contributed by atoms with van der Waals surface area (Å²) in [7, 11) is 3.51. The van der Waals surface area contributed by atoms with E-state index in [0.717, 1.165) is 42.6 Å². The quantitative estimate of drug-likeness (QED) is 0.258. The molecule has 1 atom stereocenters. The Bertz CT molecular complexity index is 1380. The minimum atomic E-state index is -2.74. The Balaban J connectivity index is 0.000000345. The van der Waals surface area contributed by atoms with Crippen LogP contribution in [0.1, 0.15) is 42.4 Å². The summed E-state index contributed by atoms with van der Waals surface area (Å²) in [5.74, 6) is -5.34. The maximum absolute atomic E-state index is 13.6. The third kappa shape index (κ3) is 8.65. The van der Waals surface area contributed by atoms with Crippen LogP contribution in [0.4, 0.5) is 4.39 Å². The zero-order valence-electron chi connectivity index (χ0n) is 24.3. The molecule has 5 N–H and O–H groups in total. The first-order valence-corrected chi connectivity index (χ1v) is 14.2. The molecule has 1 fully saturated rings. The number of carbonyl (C=O) groups is 4. The van der Waals surface area contributed by atoms with E-state index in [1.165, 1.54) is 6.07 Å². The van der Waals surface area contributed by atoms with E-state index in [4.69, 9.17) is 36.8 Å². The Morgan fingerprint density at radius 3 is 2.20 bits per heavy atom. The van der Waals surface area contributed by atoms with Crippen molar-refractivity contribution < 1.29 is 53.8 Å². The van der Waals surface area contributed by atoms with Gasteiger partial charge in [-0.1, -0.05) is 17.7 Å². The number of hydrogen-bond donors (Lipinski definition) is 5. The molecular formula is C30H36ClFN2O10. The number of likely N-dealkylation sites (tertiary alicyclic amines) is 1. The minimum Gasteiger partial charge on any atom is -0.508 e. The van der Waals surface area contributed by atoms with Gasteiger partial charge in [0.05, 0.1) is 31.0 Å². The van der Waals surface area contributed by atoms with Crippen molar-refractivity contribution in [3.63, 3.8) is 0 Å². The Morgan fingerprint density at radius 2 is 1.66 bits per heavy atom. The normalized spacial score (nSPS) is 16.4. The van der Waals surface area contributed by atoms with Crippen LogP contribution in [0.5, 0.6) is 5.75 Å². The van der Waals surface area contributed by atoms with Crippen molar-refractivity contribution >= 4 is 35.4 Å². The molecule has 1 spiro atoms. The fraction of sp³-hybridized carbons (Fsp3) is 0.467. The molecule has 0 bridgehead atoms. The summed E-state index contributed by atoms with van der Waals surface area (Å²) in [6, 6.07) is 9.77. The summed E-state index contributed by atoms with van der Waals surface area (Å²) in [5.41, 5.74) is -0.286. The van der Waals surface area contributed by atoms with Crippen LogP contribution in [-0.4, -0.2) is 98.5 Å². The number of carboxylic acids is 3. The summed E-state index contributed by atoms with van der Waals surface area (Å²) in [4.78, 5) is 47.3. The molecule has 1 amide bonds. The summed E-state index contributed by atoms with van der Waals surface area (Å²) in [6.07, 6.45) is -0.212. The number of fused-ring (bicyclic) bond motifs is 2. The standard InChI is InChI=1S/C24H28ClFN2O3.C6H8O7/c1-27(2)23(30)17(11-16-13-20(29)4-6-22(16)25)14-28-9-7-24(8-10-28)21-5-3-19(26)12-18(21)15-31-24;7-3(8)1-6(13,5(11)12)2-4(9)10/h3-6,12-13,17,29H,7-11,14-15H2,1-2H3;13H,1-2H2,(H,7,8)(H,9,10)(H,11,12). The van der Waals surface area contributed by atoms with Crippen molar-refractivity contribution in [3.8, 4) is 5.75 Å². The highest BCUT2D eigenvalue weighted by Gasteiger charge is 2.43. The zero-order valence-corrected chi connectivity index (χ0v) is 25.1. The fourth-order valence-corrected chi connectivity index (χ4v) is 5.73. The van der Waals surface area contributed by atoms with Crippen molar-refractivity contribution in [3.05, 3.63) is 63.9 Å². The Hall–Kier alpha value is -3.78. The molecular weight excluding hydrogens is 603 g/mol. The highest BCUT2D eigenvalue weighted by atomic mass is 35.5. The lowest BCUT2D eigenvalue weighted by Gasteiger charge is -2.40. The average Bonchev–Trinajstić information content (AvgIpc) is 3.27. The number of ether oxygens (including phenoxy) is 1. The number of piperidine rings is 1. The highest BCUT2D eigenvalue weighted by molar-refractivity contribution is 6.31. The molecule has 1 saturated heterocycles. The van der Waals surface area contributed by atoms with Gasteiger partial charge in [-0.25, -0.2) is 9.18 Å². The molecule has 2 aromatic rings. The topological polar surface area (TPSA) is 185 Å². The van der Waals surface area contributed by atoms with E-state index in [0.29, 0.717) is 24.6 Å². The number of aliphatic hydroxyl groups is 1. The van der Waals surface area contributed by atoms with Gasteiger partial charge in [-0.2, -0.15) is 0 Å². The lowest BCUT2D eigenvalue weighted by molar-refractivity contribution is -0.170. The van der Waals surface area contributed by atoms with E-state index in [1.807, 2.05) is 6.07 Å². The number of carboxylic acid groups (broad SMARTS) is 3. The van der Waals surface area contributed by atoms with Gasteiger partial charge in [0.25, 0.3) is 0 Å². The molecule has 0 radical (unpaired) electrons. The van der Waals surface area contributed by atoms with Crippen LogP contribution in [0.15, 0.2) is 36.4 Å². The number of benzene rings is 2. The highest BCUT2D eigenvalue weighted by Crippen LogP contribution is 2.44. The largest absolute Gasteiger partial charge is 0.508 e. The van der Waals surface area contributed by atoms with E-state index in [9.17, 15) is 28.7 Å². The molecule has 14 heteroatoms. The number of rotatable bonds is 10. The number of phenols is 1. The fourth-order valence-electron chi connectivity index (χ4n) is 5.53. The third-order valence-corrected chi connectivity index (χ3v) is 8.14. The number of halogens is 2. The molecule has 2 heterocycles. The Morgan fingerprint density at radius 1 is 1.05 bits per heavy atom. The molecule has 4 rings (SSSR count). The van der Waals surface area contributed by atoms with E-state index in [1.54, 1.807) is 43.3 Å². The first-order valence-electron chi connectivity index (χ1n) is 13.8. The van der Waals surface area contributed by atoms with Gasteiger partial charge < -0.3 is 40.1 Å². The molecule has 2 aliphatic rings. The van der Waals surface area contributed by atoms with E-state index < -0.39 is 36.4 Å². The van der Waals surface area contributed by atoms with Crippen molar-refractivity contribution in [2.45, 2.75) is 49.9 Å². The van der Waals surface area contributed by atoms with Crippen molar-refractivity contribution in [2.24, 2.45) is 5.92 Å². The Kier molecular flexibility index (Phi) is 11.3. The SMILES string of the molecule is CN(C)C(=O)C(Cc1cc(O)ccc1Cl)CN1CCC2(CC1)OCc1cc(F)ccc12.O=C(O)CC(O)(CC(=O)O)C(=O)O. The molecule has 2 aromatic carbocycles. The molecule has 2 aliphatic heterocycles. The van der Waals surface area contributed by atoms with Crippen LogP contribution in [0.2, 0.25) is 5.02 Å². The van der Waals surface area contributed by atoms with Crippen LogP contribution in [0.3, 0.4) is 0 Å². The van der Waals surface area contributed by atoms with Crippen LogP contribution >= 0.6 is 11.6 Å². The predicted octanol–water partition coefficient (Wildman–Crippen LogP) is 2.70. The molecule has 0 aliphatic carbocycles. The van der Waals surface area contributed by atoms with Crippen molar-refractivity contribution in [1.29, 1.82) is 0 Å². The Labute approximate surface area is 258 Å². The molecule has 44 heavy (non-hydrogen) atoms. The lowest BCUT2D eigenvalue weighted by Crippen LogP contribution is -2.46. The molecule has 1 unspecified atom stereocenters. The number of amides is 1. The second-order valence-corrected chi connectivity index (χ2v) is 11.7. The van der Waals surface area contributed by atoms with Crippen LogP contribution in [0.25, 0.3) is 0 Å². The second-order valence-electron chi connectivity index (χ2n) is 11.3. The smallest absolute Gasteiger partial charge is 0.336 e. The summed E-state index contributed by atoms with van der Waals surface area (Å²) in [6.45, 7) is 2.64. The van der Waals surface area contributed by atoms with E-state index in [-0.39, 0.29) is 29.0 Å². The first kappa shape index (κ1) is 34.7. The zero-order chi connectivity index (χ0) is 32.8. The van der Waals surface area contributed by atoms with Gasteiger partial charge in [0.2, 0.25) is 5.91 Å². The number of hydrogen-bond acceptors (Lipinski definition) is 8. The molecule has 0 saturated carbocycles. The van der Waals surface area contributed by atoms with Crippen LogP contribution in [-0.2, 0) is 42.5 Å². The summed E-state index contributed by atoms with van der Waals surface area (Å²) >= 11 is 6.32. The predicted molar refractivity (Wildman–Crippen MR) is 155 cm³/mol. The first-order chi connectivity index (χ1) is 20.5. The maximum Gasteiger partial charge on any atom is 0.336 e. The average molecular weight is 639 g/mol. The van der Waals surface area contributed by atoms with Gasteiger partial charge in [-0.15, -0.1) is 0 Å². The van der Waals surface area contributed by atoms with Gasteiger partial charge in [0.1, 0.15) is 11.6 Å². The summed E-state index contributed by atoms with van der Waals surface area (Å²) in [5, 5.41) is 44.2. The second kappa shape index (κ2) is 14.3. The minimum absolute atomic E-state index is 0.0395. The third-order valence-electron chi connectivity index (χ3n) is 7.78. The monoisotopic (exact) mass is 638 g/mol. The number of aromatic hydroxyl groups is 1. The van der Waals surface area contributed by atoms with Gasteiger partial charge >= 0.3 is 17.9 Å².